The molecule has 138 valence electrons. The highest BCUT2D eigenvalue weighted by Crippen LogP contribution is 2.35. The highest BCUT2D eigenvalue weighted by atomic mass is 16.6. The normalized spacial score (nSPS) is 9.96. The summed E-state index contributed by atoms with van der Waals surface area (Å²) in [5.74, 6) is 0. The lowest BCUT2D eigenvalue weighted by atomic mass is 10.1. The Balaban J connectivity index is 2.14. The van der Waals surface area contributed by atoms with E-state index in [2.05, 4.69) is 5.43 Å². The fourth-order valence-corrected chi connectivity index (χ4v) is 2.61. The van der Waals surface area contributed by atoms with E-state index in [1.54, 1.807) is 59.6 Å². The van der Waals surface area contributed by atoms with Crippen molar-refractivity contribution in [1.29, 1.82) is 5.26 Å². The third kappa shape index (κ3) is 3.71. The Hall–Kier alpha value is -4.45. The van der Waals surface area contributed by atoms with Crippen LogP contribution in [0.3, 0.4) is 0 Å². The second-order valence-electron chi connectivity index (χ2n) is 5.63. The molecular weight excluding hydrogens is 362 g/mol. The second kappa shape index (κ2) is 7.84. The van der Waals surface area contributed by atoms with Crippen LogP contribution < -0.4 is 10.4 Å². The topological polar surface area (TPSA) is 125 Å². The van der Waals surface area contributed by atoms with Gasteiger partial charge in [-0.3, -0.25) is 30.7 Å². The molecule has 28 heavy (non-hydrogen) atoms. The first-order chi connectivity index (χ1) is 13.5. The molecule has 0 radical (unpaired) electrons. The molecule has 0 aliphatic heterocycles. The first kappa shape index (κ1) is 18.3. The largest absolute Gasteiger partial charge is 0.301 e. The number of nitriles is 1. The van der Waals surface area contributed by atoms with Crippen LogP contribution in [0.4, 0.5) is 28.4 Å². The molecule has 3 aromatic carbocycles. The molecule has 0 aromatic heterocycles. The number of nitrogens with zero attached hydrogens (tertiary/aromatic N) is 4. The number of para-hydroxylation sites is 2. The molecule has 0 aliphatic carbocycles. The van der Waals surface area contributed by atoms with Crippen molar-refractivity contribution in [1.82, 2.24) is 0 Å². The van der Waals surface area contributed by atoms with Crippen molar-refractivity contribution in [3.05, 3.63) is 98.6 Å². The Bertz CT molecular complexity index is 1030. The van der Waals surface area contributed by atoms with Crippen LogP contribution in [0, 0.1) is 31.6 Å². The van der Waals surface area contributed by atoms with E-state index in [9.17, 15) is 25.5 Å². The summed E-state index contributed by atoms with van der Waals surface area (Å²) in [6, 6.07) is 21.7. The molecule has 0 spiro atoms. The van der Waals surface area contributed by atoms with Gasteiger partial charge in [0.15, 0.2) is 0 Å². The van der Waals surface area contributed by atoms with E-state index in [1.807, 2.05) is 12.1 Å². The standard InChI is InChI=1S/C19H13N5O4/c20-13-14-11-17(19(24(27)28)12-18(14)23(25)26)21-22(15-7-3-1-4-8-15)16-9-5-2-6-10-16/h1-12,21H. The number of hydrazine groups is 1. The van der Waals surface area contributed by atoms with E-state index in [4.69, 9.17) is 0 Å². The molecule has 0 aliphatic rings. The van der Waals surface area contributed by atoms with E-state index in [0.29, 0.717) is 11.4 Å². The lowest BCUT2D eigenvalue weighted by molar-refractivity contribution is -0.393. The van der Waals surface area contributed by atoms with Gasteiger partial charge in [-0.05, 0) is 30.3 Å². The van der Waals surface area contributed by atoms with E-state index in [-0.39, 0.29) is 11.3 Å². The monoisotopic (exact) mass is 375 g/mol. The minimum absolute atomic E-state index is 0.0418. The maximum atomic E-state index is 11.5. The number of hydrogen-bond donors (Lipinski definition) is 1. The Morgan fingerprint density at radius 1 is 0.821 bits per heavy atom. The van der Waals surface area contributed by atoms with Crippen LogP contribution in [0.25, 0.3) is 0 Å². The van der Waals surface area contributed by atoms with Crippen molar-refractivity contribution >= 4 is 28.4 Å². The molecule has 0 atom stereocenters. The predicted molar refractivity (Wildman–Crippen MR) is 103 cm³/mol. The number of benzene rings is 3. The summed E-state index contributed by atoms with van der Waals surface area (Å²) in [4.78, 5) is 21.1. The van der Waals surface area contributed by atoms with Crippen molar-refractivity contribution < 1.29 is 9.85 Å². The van der Waals surface area contributed by atoms with Gasteiger partial charge in [0.1, 0.15) is 17.3 Å². The van der Waals surface area contributed by atoms with Gasteiger partial charge >= 0.3 is 5.69 Å². The van der Waals surface area contributed by atoms with Crippen molar-refractivity contribution in [2.24, 2.45) is 0 Å². The van der Waals surface area contributed by atoms with Crippen molar-refractivity contribution in [3.63, 3.8) is 0 Å². The Labute approximate surface area is 159 Å². The maximum absolute atomic E-state index is 11.5. The minimum Gasteiger partial charge on any atom is -0.287 e. The molecule has 0 bridgehead atoms. The Morgan fingerprint density at radius 3 is 1.75 bits per heavy atom. The maximum Gasteiger partial charge on any atom is 0.301 e. The van der Waals surface area contributed by atoms with E-state index in [0.717, 1.165) is 12.1 Å². The molecule has 0 saturated carbocycles. The van der Waals surface area contributed by atoms with Gasteiger partial charge in [-0.1, -0.05) is 36.4 Å². The summed E-state index contributed by atoms with van der Waals surface area (Å²) in [6.07, 6.45) is 0. The molecule has 9 nitrogen and oxygen atoms in total. The number of nitrogens with one attached hydrogen (secondary N) is 1. The molecule has 0 amide bonds. The smallest absolute Gasteiger partial charge is 0.287 e. The third-order valence-electron chi connectivity index (χ3n) is 3.89. The summed E-state index contributed by atoms with van der Waals surface area (Å²) in [7, 11) is 0. The van der Waals surface area contributed by atoms with Gasteiger partial charge in [0, 0.05) is 0 Å². The zero-order valence-electron chi connectivity index (χ0n) is 14.4. The molecule has 1 N–H and O–H groups in total. The predicted octanol–water partition coefficient (Wildman–Crippen LogP) is 4.54. The van der Waals surface area contributed by atoms with Crippen molar-refractivity contribution in [3.8, 4) is 6.07 Å². The summed E-state index contributed by atoms with van der Waals surface area (Å²) < 4.78 is 0. The molecule has 3 rings (SSSR count). The lowest BCUT2D eigenvalue weighted by Crippen LogP contribution is -2.25. The van der Waals surface area contributed by atoms with Gasteiger partial charge in [-0.2, -0.15) is 5.26 Å². The SMILES string of the molecule is N#Cc1cc(NN(c2ccccc2)c2ccccc2)c([N+](=O)[O-])cc1[N+](=O)[O-]. The molecule has 0 heterocycles. The van der Waals surface area contributed by atoms with Gasteiger partial charge in [-0.15, -0.1) is 0 Å². The Kier molecular flexibility index (Phi) is 5.14. The highest BCUT2D eigenvalue weighted by molar-refractivity contribution is 5.76. The summed E-state index contributed by atoms with van der Waals surface area (Å²) in [5.41, 5.74) is 2.83. The van der Waals surface area contributed by atoms with Gasteiger partial charge in [0.05, 0.1) is 27.3 Å². The van der Waals surface area contributed by atoms with Crippen LogP contribution in [-0.2, 0) is 0 Å². The third-order valence-corrected chi connectivity index (χ3v) is 3.89. The first-order valence-corrected chi connectivity index (χ1v) is 8.05. The number of anilines is 3. The van der Waals surface area contributed by atoms with E-state index in [1.165, 1.54) is 0 Å². The van der Waals surface area contributed by atoms with Crippen LogP contribution in [0.2, 0.25) is 0 Å². The minimum atomic E-state index is -0.818. The average molecular weight is 375 g/mol. The summed E-state index contributed by atoms with van der Waals surface area (Å²) in [5, 5.41) is 33.4. The van der Waals surface area contributed by atoms with Gasteiger partial charge in [-0.25, -0.2) is 0 Å². The van der Waals surface area contributed by atoms with Gasteiger partial charge < -0.3 is 0 Å². The van der Waals surface area contributed by atoms with E-state index >= 15 is 0 Å². The van der Waals surface area contributed by atoms with Crippen LogP contribution in [-0.4, -0.2) is 9.85 Å². The van der Waals surface area contributed by atoms with E-state index < -0.39 is 21.2 Å². The lowest BCUT2D eigenvalue weighted by Gasteiger charge is -2.26. The number of hydrogen-bond acceptors (Lipinski definition) is 7. The second-order valence-corrected chi connectivity index (χ2v) is 5.63. The van der Waals surface area contributed by atoms with Gasteiger partial charge in [0.25, 0.3) is 5.69 Å². The van der Waals surface area contributed by atoms with Crippen molar-refractivity contribution in [2.45, 2.75) is 0 Å². The van der Waals surface area contributed by atoms with Crippen LogP contribution >= 0.6 is 0 Å². The molecule has 0 unspecified atom stereocenters. The number of nitro benzene ring substituents is 2. The van der Waals surface area contributed by atoms with Crippen LogP contribution in [0.1, 0.15) is 5.56 Å². The summed E-state index contributed by atoms with van der Waals surface area (Å²) in [6.45, 7) is 0. The zero-order valence-corrected chi connectivity index (χ0v) is 14.4. The number of rotatable bonds is 6. The molecule has 9 heteroatoms. The average Bonchev–Trinajstić information content (AvgIpc) is 2.72. The quantitative estimate of drug-likeness (QED) is 0.495. The molecule has 0 saturated heterocycles. The Morgan fingerprint density at radius 2 is 1.32 bits per heavy atom. The van der Waals surface area contributed by atoms with Gasteiger partial charge in [0.2, 0.25) is 0 Å². The summed E-state index contributed by atoms with van der Waals surface area (Å²) >= 11 is 0. The molecular formula is C19H13N5O4. The van der Waals surface area contributed by atoms with Crippen molar-refractivity contribution in [2.75, 3.05) is 10.4 Å². The molecule has 0 fully saturated rings. The zero-order chi connectivity index (χ0) is 20.1. The fraction of sp³-hybridized carbons (Fsp3) is 0. The fourth-order valence-electron chi connectivity index (χ4n) is 2.61. The molecule has 3 aromatic rings. The van der Waals surface area contributed by atoms with Crippen LogP contribution in [0.5, 0.6) is 0 Å². The van der Waals surface area contributed by atoms with Crippen LogP contribution in [0.15, 0.2) is 72.8 Å². The first-order valence-electron chi connectivity index (χ1n) is 8.05. The number of nitro groups is 2. The highest BCUT2D eigenvalue weighted by Gasteiger charge is 2.26.